The minimum absolute atomic E-state index is 0.183. The van der Waals surface area contributed by atoms with Crippen molar-refractivity contribution in [1.82, 2.24) is 9.97 Å². The molecule has 1 aromatic heterocycles. The van der Waals surface area contributed by atoms with E-state index in [2.05, 4.69) is 26.8 Å². The third kappa shape index (κ3) is 5.52. The molecule has 0 aliphatic carbocycles. The van der Waals surface area contributed by atoms with Crippen LogP contribution < -0.4 is 9.66 Å². The fourth-order valence-electron chi connectivity index (χ4n) is 3.02. The molecule has 0 radical (unpaired) electrons. The van der Waals surface area contributed by atoms with Gasteiger partial charge in [-0.3, -0.25) is 4.94 Å². The minimum Gasteiger partial charge on any atom is -0.508 e. The monoisotopic (exact) mass is 433 g/mol. The molecular weight excluding hydrogens is 413 g/mol. The summed E-state index contributed by atoms with van der Waals surface area (Å²) in [5, 5.41) is 9.54. The van der Waals surface area contributed by atoms with Gasteiger partial charge in [-0.25, -0.2) is 9.97 Å². The molecule has 0 saturated carbocycles. The summed E-state index contributed by atoms with van der Waals surface area (Å²) in [7, 11) is 0. The highest BCUT2D eigenvalue weighted by Crippen LogP contribution is 2.25. The molecule has 0 unspecified atom stereocenters. The van der Waals surface area contributed by atoms with E-state index >= 15 is 0 Å². The maximum Gasteiger partial charge on any atom is 0.171 e. The average molecular weight is 434 g/mol. The molecule has 0 amide bonds. The molecule has 3 aromatic carbocycles. The summed E-state index contributed by atoms with van der Waals surface area (Å²) in [6.07, 6.45) is 2.35. The zero-order valence-electron chi connectivity index (χ0n) is 16.5. The number of nitrogens with one attached hydrogen (secondary N) is 1. The Hall–Kier alpha value is -3.58. The third-order valence-electron chi connectivity index (χ3n) is 4.64. The summed E-state index contributed by atoms with van der Waals surface area (Å²) in [5.74, 6) is 1.75. The first-order valence-electron chi connectivity index (χ1n) is 9.66. The van der Waals surface area contributed by atoms with Crippen LogP contribution in [-0.2, 0) is 12.2 Å². The van der Waals surface area contributed by atoms with E-state index in [0.717, 1.165) is 28.1 Å². The summed E-state index contributed by atoms with van der Waals surface area (Å²) in [5.41, 5.74) is 4.61. The number of aromatic hydroxyl groups is 1. The van der Waals surface area contributed by atoms with Crippen molar-refractivity contribution in [2.75, 3.05) is 4.72 Å². The lowest BCUT2D eigenvalue weighted by molar-refractivity contribution is -0.00621. The zero-order chi connectivity index (χ0) is 21.5. The van der Waals surface area contributed by atoms with Gasteiger partial charge < -0.3 is 9.83 Å². The van der Waals surface area contributed by atoms with Crippen molar-refractivity contribution in [3.63, 3.8) is 0 Å². The third-order valence-corrected chi connectivity index (χ3v) is 5.46. The molecule has 0 aliphatic heterocycles. The van der Waals surface area contributed by atoms with Crippen molar-refractivity contribution < 1.29 is 14.6 Å². The number of benzene rings is 3. The van der Waals surface area contributed by atoms with Gasteiger partial charge in [0.05, 0.1) is 17.6 Å². The Morgan fingerprint density at radius 3 is 2.35 bits per heavy atom. The highest BCUT2D eigenvalue weighted by Gasteiger charge is 2.11. The second-order valence-corrected chi connectivity index (χ2v) is 7.65. The molecule has 7 heteroatoms. The summed E-state index contributed by atoms with van der Waals surface area (Å²) in [4.78, 5) is 13.2. The number of nitrogens with zero attached hydrogens (tertiary/aromatic N) is 2. The van der Waals surface area contributed by atoms with Crippen LogP contribution >= 0.6 is 11.9 Å². The predicted octanol–water partition coefficient (Wildman–Crippen LogP) is 5.96. The van der Waals surface area contributed by atoms with Crippen LogP contribution in [-0.4, -0.2) is 15.1 Å². The van der Waals surface area contributed by atoms with E-state index < -0.39 is 0 Å². The van der Waals surface area contributed by atoms with Gasteiger partial charge in [-0.1, -0.05) is 42.5 Å². The predicted molar refractivity (Wildman–Crippen MR) is 121 cm³/mol. The summed E-state index contributed by atoms with van der Waals surface area (Å²) < 4.78 is 15.5. The molecule has 0 spiro atoms. The van der Waals surface area contributed by atoms with Crippen LogP contribution in [0.2, 0.25) is 0 Å². The number of aromatic nitrogens is 2. The molecule has 0 saturated heterocycles. The van der Waals surface area contributed by atoms with Gasteiger partial charge >= 0.3 is 0 Å². The van der Waals surface area contributed by atoms with Gasteiger partial charge in [0, 0.05) is 22.3 Å². The smallest absolute Gasteiger partial charge is 0.171 e. The van der Waals surface area contributed by atoms with Crippen LogP contribution in [0, 0.1) is 0 Å². The van der Waals surface area contributed by atoms with E-state index in [1.807, 2.05) is 42.5 Å². The van der Waals surface area contributed by atoms with Crippen molar-refractivity contribution >= 4 is 17.8 Å². The molecule has 1 heterocycles. The second-order valence-electron chi connectivity index (χ2n) is 6.87. The summed E-state index contributed by atoms with van der Waals surface area (Å²) >= 11 is 1.48. The first kappa shape index (κ1) is 20.7. The van der Waals surface area contributed by atoms with E-state index in [9.17, 15) is 9.63 Å². The van der Waals surface area contributed by atoms with Crippen LogP contribution in [0.3, 0.4) is 0 Å². The van der Waals surface area contributed by atoms with Gasteiger partial charge in [0.25, 0.3) is 0 Å². The minimum atomic E-state index is 0.183. The Morgan fingerprint density at radius 2 is 1.65 bits per heavy atom. The Labute approximate surface area is 184 Å². The van der Waals surface area contributed by atoms with Crippen LogP contribution in [0.15, 0.2) is 85.1 Å². The van der Waals surface area contributed by atoms with Gasteiger partial charge in [0.1, 0.15) is 5.75 Å². The fraction of sp³-hybridized carbons (Fsp3) is 0.0833. The number of hydrogen-bond donors (Lipinski definition) is 2. The van der Waals surface area contributed by atoms with Crippen molar-refractivity contribution in [1.29, 1.82) is 0 Å². The number of anilines is 1. The van der Waals surface area contributed by atoms with Crippen LogP contribution in [0.1, 0.15) is 16.8 Å². The van der Waals surface area contributed by atoms with E-state index in [4.69, 9.17) is 4.98 Å². The van der Waals surface area contributed by atoms with E-state index in [0.29, 0.717) is 18.0 Å². The van der Waals surface area contributed by atoms with Gasteiger partial charge in [-0.15, -0.1) is 0 Å². The normalized spacial score (nSPS) is 10.6. The summed E-state index contributed by atoms with van der Waals surface area (Å²) in [6.45, 7) is 0. The first-order valence-corrected chi connectivity index (χ1v) is 10.6. The van der Waals surface area contributed by atoms with E-state index in [-0.39, 0.29) is 11.5 Å². The lowest BCUT2D eigenvalue weighted by Gasteiger charge is -2.12. The molecule has 156 valence electrons. The second kappa shape index (κ2) is 9.95. The van der Waals surface area contributed by atoms with Crippen molar-refractivity contribution in [3.05, 3.63) is 102 Å². The van der Waals surface area contributed by atoms with Gasteiger partial charge in [0.15, 0.2) is 11.6 Å². The molecule has 5 nitrogen and oxygen atoms in total. The van der Waals surface area contributed by atoms with Crippen molar-refractivity contribution in [3.8, 4) is 22.8 Å². The highest BCUT2D eigenvalue weighted by atomic mass is 32.2. The van der Waals surface area contributed by atoms with Crippen molar-refractivity contribution in [2.24, 2.45) is 0 Å². The molecule has 4 aromatic rings. The number of phenols is 1. The highest BCUT2D eigenvalue weighted by molar-refractivity contribution is 7.99. The number of rotatable bonds is 8. The fourth-order valence-corrected chi connectivity index (χ4v) is 3.76. The molecule has 0 aliphatic rings. The maximum atomic E-state index is 12.2. The SMILES string of the molecule is Oc1ccc(-c2cnc(NSCc3ccc(OF)cc3)c(Cc3ccccc3)n2)cc1. The Kier molecular flexibility index (Phi) is 6.64. The lowest BCUT2D eigenvalue weighted by Crippen LogP contribution is -2.03. The lowest BCUT2D eigenvalue weighted by atomic mass is 10.1. The summed E-state index contributed by atoms with van der Waals surface area (Å²) in [6, 6.07) is 23.8. The number of phenolic OH excluding ortho intramolecular Hbond substituents is 1. The topological polar surface area (TPSA) is 67.3 Å². The van der Waals surface area contributed by atoms with Gasteiger partial charge in [-0.05, 0) is 59.5 Å². The molecule has 4 rings (SSSR count). The number of halogens is 1. The molecular formula is C24H20FN3O2S. The average Bonchev–Trinajstić information content (AvgIpc) is 2.81. The zero-order valence-corrected chi connectivity index (χ0v) is 17.3. The van der Waals surface area contributed by atoms with E-state index in [1.54, 1.807) is 30.5 Å². The molecule has 31 heavy (non-hydrogen) atoms. The van der Waals surface area contributed by atoms with Gasteiger partial charge in [0.2, 0.25) is 0 Å². The maximum absolute atomic E-state index is 12.2. The van der Waals surface area contributed by atoms with Crippen LogP contribution in [0.4, 0.5) is 10.3 Å². The Balaban J connectivity index is 1.53. The standard InChI is InChI=1S/C24H20FN3O2S/c25-30-21-12-6-18(7-13-21)16-31-28-24-22(14-17-4-2-1-3-5-17)27-23(15-26-24)19-8-10-20(29)11-9-19/h1-13,15,29H,14,16H2,(H,26,28). The molecule has 0 atom stereocenters. The van der Waals surface area contributed by atoms with Crippen LogP contribution in [0.5, 0.6) is 11.5 Å². The molecule has 0 bridgehead atoms. The Morgan fingerprint density at radius 1 is 0.903 bits per heavy atom. The molecule has 0 fully saturated rings. The number of hydrogen-bond acceptors (Lipinski definition) is 6. The quantitative estimate of drug-likeness (QED) is 0.334. The van der Waals surface area contributed by atoms with Crippen molar-refractivity contribution in [2.45, 2.75) is 12.2 Å². The van der Waals surface area contributed by atoms with Crippen LogP contribution in [0.25, 0.3) is 11.3 Å². The van der Waals surface area contributed by atoms with E-state index in [1.165, 1.54) is 11.9 Å². The largest absolute Gasteiger partial charge is 0.508 e. The first-order chi connectivity index (χ1) is 15.2. The Bertz CT molecular complexity index is 1120. The molecule has 2 N–H and O–H groups in total. The van der Waals surface area contributed by atoms with Gasteiger partial charge in [-0.2, -0.15) is 0 Å².